The number of aromatic nitrogens is 3. The lowest BCUT2D eigenvalue weighted by Crippen LogP contribution is -2.29. The second kappa shape index (κ2) is 8.76. The van der Waals surface area contributed by atoms with Crippen LogP contribution in [0.2, 0.25) is 0 Å². The number of halogens is 2. The number of ether oxygens (including phenoxy) is 2. The van der Waals surface area contributed by atoms with Crippen LogP contribution < -0.4 is 20.1 Å². The van der Waals surface area contributed by atoms with E-state index in [-0.39, 0.29) is 24.0 Å². The van der Waals surface area contributed by atoms with Gasteiger partial charge in [-0.3, -0.25) is 4.79 Å². The molecule has 10 heteroatoms. The number of alkyl halides is 2. The fourth-order valence-corrected chi connectivity index (χ4v) is 2.93. The maximum Gasteiger partial charge on any atom is 0.387 e. The Balaban J connectivity index is 1.65. The van der Waals surface area contributed by atoms with Crippen molar-refractivity contribution in [2.24, 2.45) is 0 Å². The van der Waals surface area contributed by atoms with E-state index >= 15 is 0 Å². The number of hydrogen-bond donors (Lipinski definition) is 2. The van der Waals surface area contributed by atoms with Gasteiger partial charge in [-0.15, -0.1) is 5.10 Å². The fourth-order valence-electron chi connectivity index (χ4n) is 2.93. The number of piperidine rings is 1. The first-order chi connectivity index (χ1) is 13.1. The second-order valence-corrected chi connectivity index (χ2v) is 6.10. The second-order valence-electron chi connectivity index (χ2n) is 6.10. The number of amides is 1. The lowest BCUT2D eigenvalue weighted by atomic mass is 10.1. The van der Waals surface area contributed by atoms with E-state index in [2.05, 4.69) is 25.7 Å². The van der Waals surface area contributed by atoms with Crippen molar-refractivity contribution in [3.05, 3.63) is 35.7 Å². The van der Waals surface area contributed by atoms with Gasteiger partial charge >= 0.3 is 6.61 Å². The van der Waals surface area contributed by atoms with Crippen molar-refractivity contribution < 1.29 is 23.0 Å². The minimum absolute atomic E-state index is 0.0156. The van der Waals surface area contributed by atoms with Crippen LogP contribution in [0.5, 0.6) is 11.5 Å². The average molecular weight is 381 g/mol. The molecule has 0 spiro atoms. The van der Waals surface area contributed by atoms with Crippen LogP contribution in [0, 0.1) is 0 Å². The van der Waals surface area contributed by atoms with Crippen molar-refractivity contribution >= 4 is 5.91 Å². The van der Waals surface area contributed by atoms with Gasteiger partial charge in [0, 0.05) is 12.1 Å². The van der Waals surface area contributed by atoms with Crippen molar-refractivity contribution in [3.63, 3.8) is 0 Å². The summed E-state index contributed by atoms with van der Waals surface area (Å²) in [4.78, 5) is 12.3. The monoisotopic (exact) mass is 381 g/mol. The van der Waals surface area contributed by atoms with Gasteiger partial charge in [0.25, 0.3) is 5.91 Å². The van der Waals surface area contributed by atoms with Crippen molar-refractivity contribution in [1.29, 1.82) is 0 Å². The molecule has 1 saturated heterocycles. The molecule has 0 saturated carbocycles. The van der Waals surface area contributed by atoms with E-state index in [0.29, 0.717) is 11.3 Å². The fraction of sp³-hybridized carbons (Fsp3) is 0.471. The number of nitrogens with zero attached hydrogens (tertiary/aromatic N) is 3. The number of carbonyl (C=O) groups is 1. The predicted octanol–water partition coefficient (Wildman–Crippen LogP) is 1.74. The van der Waals surface area contributed by atoms with E-state index in [1.54, 1.807) is 10.9 Å². The molecule has 1 aromatic carbocycles. The van der Waals surface area contributed by atoms with Crippen LogP contribution in [0.1, 0.15) is 34.9 Å². The van der Waals surface area contributed by atoms with Crippen LogP contribution in [0.15, 0.2) is 24.4 Å². The third-order valence-corrected chi connectivity index (χ3v) is 4.35. The summed E-state index contributed by atoms with van der Waals surface area (Å²) in [7, 11) is 1.46. The highest BCUT2D eigenvalue weighted by molar-refractivity contribution is 5.91. The first kappa shape index (κ1) is 19.0. The van der Waals surface area contributed by atoms with Gasteiger partial charge in [0.2, 0.25) is 0 Å². The molecule has 0 bridgehead atoms. The lowest BCUT2D eigenvalue weighted by Gasteiger charge is -2.22. The van der Waals surface area contributed by atoms with Crippen molar-refractivity contribution in [3.8, 4) is 11.5 Å². The third kappa shape index (κ3) is 4.91. The van der Waals surface area contributed by atoms with E-state index in [0.717, 1.165) is 25.9 Å². The number of rotatable bonds is 7. The lowest BCUT2D eigenvalue weighted by molar-refractivity contribution is -0.0505. The molecular weight excluding hydrogens is 360 g/mol. The molecular formula is C17H21F2N5O3. The molecule has 1 aliphatic rings. The Bertz CT molecular complexity index is 778. The van der Waals surface area contributed by atoms with Crippen LogP contribution in [0.4, 0.5) is 8.78 Å². The molecule has 0 unspecified atom stereocenters. The van der Waals surface area contributed by atoms with Crippen LogP contribution >= 0.6 is 0 Å². The molecule has 146 valence electrons. The van der Waals surface area contributed by atoms with Crippen LogP contribution in [-0.4, -0.2) is 47.7 Å². The minimum Gasteiger partial charge on any atom is -0.497 e. The quantitative estimate of drug-likeness (QED) is 0.759. The van der Waals surface area contributed by atoms with Gasteiger partial charge in [0.1, 0.15) is 11.5 Å². The van der Waals surface area contributed by atoms with Crippen molar-refractivity contribution in [2.45, 2.75) is 32.0 Å². The van der Waals surface area contributed by atoms with Gasteiger partial charge < -0.3 is 20.1 Å². The minimum atomic E-state index is -2.96. The maximum absolute atomic E-state index is 12.6. The number of methoxy groups -OCH3 is 1. The number of hydrogen-bond acceptors (Lipinski definition) is 6. The Morgan fingerprint density at radius 2 is 2.19 bits per heavy atom. The Kier molecular flexibility index (Phi) is 6.17. The van der Waals surface area contributed by atoms with Gasteiger partial charge in [-0.25, -0.2) is 4.68 Å². The molecule has 1 aliphatic heterocycles. The molecule has 0 atom stereocenters. The van der Waals surface area contributed by atoms with Crippen LogP contribution in [-0.2, 0) is 6.54 Å². The smallest absolute Gasteiger partial charge is 0.387 e. The third-order valence-electron chi connectivity index (χ3n) is 4.35. The molecule has 2 aromatic rings. The van der Waals surface area contributed by atoms with E-state index in [1.165, 1.54) is 25.3 Å². The van der Waals surface area contributed by atoms with Gasteiger partial charge in [0.15, 0.2) is 5.69 Å². The topological polar surface area (TPSA) is 90.3 Å². The number of carbonyl (C=O) groups excluding carboxylic acids is 1. The molecule has 0 aliphatic carbocycles. The van der Waals surface area contributed by atoms with Crippen molar-refractivity contribution in [2.75, 3.05) is 20.2 Å². The summed E-state index contributed by atoms with van der Waals surface area (Å²) in [5, 5.41) is 13.9. The molecule has 1 fully saturated rings. The molecule has 2 heterocycles. The molecule has 1 aromatic heterocycles. The molecule has 27 heavy (non-hydrogen) atoms. The Hall–Kier alpha value is -2.75. The Labute approximate surface area is 154 Å². The normalized spacial score (nSPS) is 15.0. The van der Waals surface area contributed by atoms with Crippen LogP contribution in [0.25, 0.3) is 0 Å². The van der Waals surface area contributed by atoms with Crippen molar-refractivity contribution in [1.82, 2.24) is 25.6 Å². The van der Waals surface area contributed by atoms with Gasteiger partial charge in [-0.1, -0.05) is 5.21 Å². The van der Waals surface area contributed by atoms with Gasteiger partial charge in [-0.05, 0) is 44.1 Å². The van der Waals surface area contributed by atoms with E-state index in [4.69, 9.17) is 4.74 Å². The largest absolute Gasteiger partial charge is 0.497 e. The predicted molar refractivity (Wildman–Crippen MR) is 92.0 cm³/mol. The molecule has 1 amide bonds. The first-order valence-electron chi connectivity index (χ1n) is 8.59. The van der Waals surface area contributed by atoms with Gasteiger partial charge in [0.05, 0.1) is 19.3 Å². The summed E-state index contributed by atoms with van der Waals surface area (Å²) >= 11 is 0. The van der Waals surface area contributed by atoms with Crippen LogP contribution in [0.3, 0.4) is 0 Å². The summed E-state index contributed by atoms with van der Waals surface area (Å²) in [5.41, 5.74) is 0.543. The zero-order valence-corrected chi connectivity index (χ0v) is 14.8. The SMILES string of the molecule is COc1ccc(OC(F)F)c(CNC(=O)c2cn(C3CCNCC3)nn2)c1. The zero-order chi connectivity index (χ0) is 19.2. The molecule has 3 rings (SSSR count). The highest BCUT2D eigenvalue weighted by atomic mass is 19.3. The van der Waals surface area contributed by atoms with E-state index < -0.39 is 12.5 Å². The van der Waals surface area contributed by atoms with Gasteiger partial charge in [-0.2, -0.15) is 8.78 Å². The Morgan fingerprint density at radius 1 is 1.41 bits per heavy atom. The summed E-state index contributed by atoms with van der Waals surface area (Å²) in [6, 6.07) is 4.63. The average Bonchev–Trinajstić information content (AvgIpc) is 3.17. The summed E-state index contributed by atoms with van der Waals surface area (Å²) in [5.74, 6) is 0.00294. The van der Waals surface area contributed by atoms with E-state index in [1.807, 2.05) is 0 Å². The standard InChI is InChI=1S/C17H21F2N5O3/c1-26-13-2-3-15(27-17(18)19)11(8-13)9-21-16(25)14-10-24(23-22-14)12-4-6-20-7-5-12/h2-3,8,10,12,17,20H,4-7,9H2,1H3,(H,21,25). The Morgan fingerprint density at radius 3 is 2.89 bits per heavy atom. The summed E-state index contributed by atoms with van der Waals surface area (Å²) < 4.78 is 36.4. The highest BCUT2D eigenvalue weighted by Gasteiger charge is 2.19. The zero-order valence-electron chi connectivity index (χ0n) is 14.8. The molecule has 0 radical (unpaired) electrons. The maximum atomic E-state index is 12.6. The van der Waals surface area contributed by atoms with E-state index in [9.17, 15) is 13.6 Å². The number of nitrogens with one attached hydrogen (secondary N) is 2. The summed E-state index contributed by atoms with van der Waals surface area (Å²) in [6.45, 7) is -1.18. The highest BCUT2D eigenvalue weighted by Crippen LogP contribution is 2.25. The summed E-state index contributed by atoms with van der Waals surface area (Å²) in [6.07, 6.45) is 3.44. The molecule has 2 N–H and O–H groups in total. The molecule has 8 nitrogen and oxygen atoms in total. The number of benzene rings is 1. The first-order valence-corrected chi connectivity index (χ1v) is 8.59.